The van der Waals surface area contributed by atoms with E-state index in [0.29, 0.717) is 24.3 Å². The number of hydrogen-bond acceptors (Lipinski definition) is 4. The fourth-order valence-corrected chi connectivity index (χ4v) is 2.02. The van der Waals surface area contributed by atoms with Crippen molar-refractivity contribution in [3.8, 4) is 0 Å². The maximum atomic E-state index is 5.96. The number of rotatable bonds is 7. The predicted molar refractivity (Wildman–Crippen MR) is 73.8 cm³/mol. The maximum Gasteiger partial charge on any atom is 0.144 e. The standard InChI is InChI=1S/C13H22ClN3O/c1-5-11(3)17(6-7-18-4)9-13-15-10(2)8-12(14)16-13/h8,11H,5-7,9H2,1-4H3. The van der Waals surface area contributed by atoms with Gasteiger partial charge in [-0.2, -0.15) is 0 Å². The van der Waals surface area contributed by atoms with E-state index in [2.05, 4.69) is 28.7 Å². The quantitative estimate of drug-likeness (QED) is 0.715. The molecule has 0 aliphatic heterocycles. The molecule has 0 radical (unpaired) electrons. The van der Waals surface area contributed by atoms with Crippen LogP contribution in [0.25, 0.3) is 0 Å². The van der Waals surface area contributed by atoms with Crippen molar-refractivity contribution >= 4 is 11.6 Å². The molecule has 0 saturated carbocycles. The number of aromatic nitrogens is 2. The zero-order valence-corrected chi connectivity index (χ0v) is 12.4. The number of hydrogen-bond donors (Lipinski definition) is 0. The summed E-state index contributed by atoms with van der Waals surface area (Å²) in [5.41, 5.74) is 0.904. The molecule has 0 bridgehead atoms. The van der Waals surface area contributed by atoms with Crippen LogP contribution < -0.4 is 0 Å². The van der Waals surface area contributed by atoms with Crippen LogP contribution in [-0.2, 0) is 11.3 Å². The van der Waals surface area contributed by atoms with E-state index in [1.165, 1.54) is 0 Å². The van der Waals surface area contributed by atoms with E-state index in [1.54, 1.807) is 13.2 Å². The Hall–Kier alpha value is -0.710. The van der Waals surface area contributed by atoms with Gasteiger partial charge in [0.2, 0.25) is 0 Å². The van der Waals surface area contributed by atoms with Gasteiger partial charge in [0.05, 0.1) is 13.2 Å². The second-order valence-corrected chi connectivity index (χ2v) is 4.86. The largest absolute Gasteiger partial charge is 0.383 e. The highest BCUT2D eigenvalue weighted by Gasteiger charge is 2.14. The van der Waals surface area contributed by atoms with Crippen molar-refractivity contribution in [2.75, 3.05) is 20.3 Å². The average molecular weight is 272 g/mol. The Bertz CT molecular complexity index is 353. The van der Waals surface area contributed by atoms with Gasteiger partial charge in [0.25, 0.3) is 0 Å². The van der Waals surface area contributed by atoms with E-state index in [4.69, 9.17) is 16.3 Å². The first kappa shape index (κ1) is 15.3. The molecule has 1 aromatic rings. The second kappa shape index (κ2) is 7.67. The average Bonchev–Trinajstić information content (AvgIpc) is 2.32. The van der Waals surface area contributed by atoms with Gasteiger partial charge in [-0.05, 0) is 26.3 Å². The summed E-state index contributed by atoms with van der Waals surface area (Å²) in [7, 11) is 1.72. The molecule has 4 nitrogen and oxygen atoms in total. The third-order valence-electron chi connectivity index (χ3n) is 3.01. The Morgan fingerprint density at radius 2 is 2.17 bits per heavy atom. The SMILES string of the molecule is CCC(C)N(CCOC)Cc1nc(C)cc(Cl)n1. The third-order valence-corrected chi connectivity index (χ3v) is 3.20. The van der Waals surface area contributed by atoms with Gasteiger partial charge >= 0.3 is 0 Å². The first-order valence-electron chi connectivity index (χ1n) is 6.29. The zero-order chi connectivity index (χ0) is 13.5. The van der Waals surface area contributed by atoms with Crippen LogP contribution in [0.5, 0.6) is 0 Å². The monoisotopic (exact) mass is 271 g/mol. The van der Waals surface area contributed by atoms with Crippen LogP contribution in [0.4, 0.5) is 0 Å². The Morgan fingerprint density at radius 3 is 2.72 bits per heavy atom. The Balaban J connectivity index is 2.74. The molecule has 0 N–H and O–H groups in total. The summed E-state index contributed by atoms with van der Waals surface area (Å²) >= 11 is 5.96. The van der Waals surface area contributed by atoms with Crippen molar-refractivity contribution < 1.29 is 4.74 Å². The molecule has 1 aromatic heterocycles. The van der Waals surface area contributed by atoms with Gasteiger partial charge in [-0.1, -0.05) is 18.5 Å². The van der Waals surface area contributed by atoms with Crippen molar-refractivity contribution in [1.82, 2.24) is 14.9 Å². The first-order valence-corrected chi connectivity index (χ1v) is 6.67. The highest BCUT2D eigenvalue weighted by molar-refractivity contribution is 6.29. The summed E-state index contributed by atoms with van der Waals surface area (Å²) in [4.78, 5) is 11.0. The molecule has 0 aliphatic carbocycles. The smallest absolute Gasteiger partial charge is 0.144 e. The Morgan fingerprint density at radius 1 is 1.44 bits per heavy atom. The third kappa shape index (κ3) is 4.88. The predicted octanol–water partition coefficient (Wildman–Crippen LogP) is 2.69. The summed E-state index contributed by atoms with van der Waals surface area (Å²) in [6.45, 7) is 8.60. The molecule has 0 spiro atoms. The number of methoxy groups -OCH3 is 1. The minimum atomic E-state index is 0.475. The first-order chi connectivity index (χ1) is 8.56. The zero-order valence-electron chi connectivity index (χ0n) is 11.6. The van der Waals surface area contributed by atoms with Gasteiger partial charge in [0, 0.05) is 25.4 Å². The minimum absolute atomic E-state index is 0.475. The Labute approximate surface area is 114 Å². The lowest BCUT2D eigenvalue weighted by Gasteiger charge is -2.27. The second-order valence-electron chi connectivity index (χ2n) is 4.47. The number of aryl methyl sites for hydroxylation is 1. The number of ether oxygens (including phenoxy) is 1. The molecule has 0 amide bonds. The fraction of sp³-hybridized carbons (Fsp3) is 0.692. The molecule has 1 unspecified atom stereocenters. The van der Waals surface area contributed by atoms with Crippen LogP contribution in [0.1, 0.15) is 31.8 Å². The highest BCUT2D eigenvalue weighted by atomic mass is 35.5. The van der Waals surface area contributed by atoms with Crippen LogP contribution in [0.2, 0.25) is 5.15 Å². The number of nitrogens with zero attached hydrogens (tertiary/aromatic N) is 3. The molecule has 0 fully saturated rings. The van der Waals surface area contributed by atoms with Gasteiger partial charge in [-0.15, -0.1) is 0 Å². The van der Waals surface area contributed by atoms with Crippen molar-refractivity contribution in [1.29, 1.82) is 0 Å². The molecule has 1 atom stereocenters. The molecule has 0 saturated heterocycles. The van der Waals surface area contributed by atoms with Crippen molar-refractivity contribution in [3.05, 3.63) is 22.7 Å². The minimum Gasteiger partial charge on any atom is -0.383 e. The van der Waals surface area contributed by atoms with E-state index in [9.17, 15) is 0 Å². The fourth-order valence-electron chi connectivity index (χ4n) is 1.76. The molecule has 18 heavy (non-hydrogen) atoms. The van der Waals surface area contributed by atoms with E-state index < -0.39 is 0 Å². The molecule has 1 heterocycles. The van der Waals surface area contributed by atoms with Crippen LogP contribution in [0, 0.1) is 6.92 Å². The molecule has 102 valence electrons. The summed E-state index contributed by atoms with van der Waals surface area (Å²) in [6, 6.07) is 2.25. The number of halogens is 1. The summed E-state index contributed by atoms with van der Waals surface area (Å²) in [6.07, 6.45) is 1.09. The van der Waals surface area contributed by atoms with E-state index in [-0.39, 0.29) is 0 Å². The van der Waals surface area contributed by atoms with Gasteiger partial charge in [-0.25, -0.2) is 9.97 Å². The summed E-state index contributed by atoms with van der Waals surface area (Å²) in [5, 5.41) is 0.508. The molecule has 0 aliphatic rings. The van der Waals surface area contributed by atoms with E-state index in [1.807, 2.05) is 6.92 Å². The van der Waals surface area contributed by atoms with Crippen LogP contribution >= 0.6 is 11.6 Å². The van der Waals surface area contributed by atoms with Gasteiger partial charge in [0.1, 0.15) is 11.0 Å². The highest BCUT2D eigenvalue weighted by Crippen LogP contribution is 2.11. The van der Waals surface area contributed by atoms with E-state index in [0.717, 1.165) is 24.5 Å². The van der Waals surface area contributed by atoms with Crippen molar-refractivity contribution in [3.63, 3.8) is 0 Å². The van der Waals surface area contributed by atoms with Crippen molar-refractivity contribution in [2.45, 2.75) is 39.8 Å². The van der Waals surface area contributed by atoms with Crippen LogP contribution in [-0.4, -0.2) is 41.2 Å². The summed E-state index contributed by atoms with van der Waals surface area (Å²) < 4.78 is 5.14. The van der Waals surface area contributed by atoms with Gasteiger partial charge < -0.3 is 4.74 Å². The molecular weight excluding hydrogens is 250 g/mol. The molecule has 1 rings (SSSR count). The lowest BCUT2D eigenvalue weighted by molar-refractivity contribution is 0.116. The molecule has 0 aromatic carbocycles. The van der Waals surface area contributed by atoms with Gasteiger partial charge in [0.15, 0.2) is 0 Å². The Kier molecular flexibility index (Phi) is 6.54. The van der Waals surface area contributed by atoms with Gasteiger partial charge in [-0.3, -0.25) is 4.90 Å². The van der Waals surface area contributed by atoms with Crippen LogP contribution in [0.15, 0.2) is 6.07 Å². The van der Waals surface area contributed by atoms with Crippen LogP contribution in [0.3, 0.4) is 0 Å². The molecule has 5 heteroatoms. The topological polar surface area (TPSA) is 38.2 Å². The summed E-state index contributed by atoms with van der Waals surface area (Å²) in [5.74, 6) is 0.774. The lowest BCUT2D eigenvalue weighted by atomic mass is 10.2. The van der Waals surface area contributed by atoms with Crippen molar-refractivity contribution in [2.24, 2.45) is 0 Å². The normalized spacial score (nSPS) is 13.0. The molecular formula is C13H22ClN3O. The maximum absolute atomic E-state index is 5.96. The van der Waals surface area contributed by atoms with E-state index >= 15 is 0 Å². The lowest BCUT2D eigenvalue weighted by Crippen LogP contribution is -2.35.